The van der Waals surface area contributed by atoms with E-state index in [1.807, 2.05) is 0 Å². The van der Waals surface area contributed by atoms with Gasteiger partial charge in [0.1, 0.15) is 12.3 Å². The molecule has 5 nitrogen and oxygen atoms in total. The second kappa shape index (κ2) is 5.56. The molecule has 0 heterocycles. The Balaban J connectivity index is 2.17. The average molecular weight is 276 g/mol. The van der Waals surface area contributed by atoms with Gasteiger partial charge in [0.15, 0.2) is 11.6 Å². The van der Waals surface area contributed by atoms with Crippen molar-refractivity contribution < 1.29 is 14.1 Å². The Kier molecular flexibility index (Phi) is 3.84. The highest BCUT2D eigenvalue weighted by Gasteiger charge is 2.12. The Morgan fingerprint density at radius 1 is 1.35 bits per heavy atom. The zero-order valence-electron chi connectivity index (χ0n) is 10.8. The largest absolute Gasteiger partial charge is 0.486 e. The molecule has 2 aromatic carbocycles. The fraction of sp³-hybridized carbons (Fsp3) is 0.143. The molecule has 2 rings (SSSR count). The van der Waals surface area contributed by atoms with Crippen molar-refractivity contribution in [1.82, 2.24) is 0 Å². The van der Waals surface area contributed by atoms with Gasteiger partial charge in [-0.2, -0.15) is 0 Å². The number of benzene rings is 2. The van der Waals surface area contributed by atoms with Crippen molar-refractivity contribution in [2.45, 2.75) is 13.5 Å². The molecular formula is C14H13FN2O3. The number of ether oxygens (including phenoxy) is 1. The number of hydrogen-bond acceptors (Lipinski definition) is 4. The van der Waals surface area contributed by atoms with Crippen molar-refractivity contribution >= 4 is 11.4 Å². The van der Waals surface area contributed by atoms with Gasteiger partial charge >= 0.3 is 0 Å². The number of aryl methyl sites for hydroxylation is 1. The molecule has 0 unspecified atom stereocenters. The van der Waals surface area contributed by atoms with Crippen LogP contribution < -0.4 is 10.5 Å². The van der Waals surface area contributed by atoms with Crippen LogP contribution in [0.5, 0.6) is 5.75 Å². The third-order valence-corrected chi connectivity index (χ3v) is 2.84. The lowest BCUT2D eigenvalue weighted by molar-refractivity contribution is -0.384. The molecular weight excluding hydrogens is 263 g/mol. The first kappa shape index (κ1) is 13.8. The minimum atomic E-state index is -0.563. The molecule has 2 N–H and O–H groups in total. The fourth-order valence-electron chi connectivity index (χ4n) is 1.73. The van der Waals surface area contributed by atoms with Crippen LogP contribution in [0.15, 0.2) is 36.4 Å². The summed E-state index contributed by atoms with van der Waals surface area (Å²) in [6, 6.07) is 9.19. The van der Waals surface area contributed by atoms with E-state index in [1.165, 1.54) is 18.2 Å². The third-order valence-electron chi connectivity index (χ3n) is 2.84. The summed E-state index contributed by atoms with van der Waals surface area (Å²) in [6.45, 7) is 1.66. The number of nitrogens with two attached hydrogens (primary N) is 1. The molecule has 6 heteroatoms. The lowest BCUT2D eigenvalue weighted by Crippen LogP contribution is -2.01. The Labute approximate surface area is 114 Å². The van der Waals surface area contributed by atoms with Crippen LogP contribution in [0.1, 0.15) is 11.1 Å². The molecule has 104 valence electrons. The molecule has 0 aliphatic rings. The van der Waals surface area contributed by atoms with Crippen LogP contribution in [0.3, 0.4) is 0 Å². The number of nitro benzene ring substituents is 1. The zero-order chi connectivity index (χ0) is 14.7. The highest BCUT2D eigenvalue weighted by atomic mass is 19.1. The second-order valence-corrected chi connectivity index (χ2v) is 4.33. The van der Waals surface area contributed by atoms with Crippen LogP contribution in [-0.4, -0.2) is 4.92 Å². The summed E-state index contributed by atoms with van der Waals surface area (Å²) in [4.78, 5) is 10.2. The number of nitrogens with zero attached hydrogens (tertiary/aromatic N) is 1. The fourth-order valence-corrected chi connectivity index (χ4v) is 1.73. The van der Waals surface area contributed by atoms with Crippen molar-refractivity contribution in [3.8, 4) is 5.75 Å². The molecule has 0 atom stereocenters. The first-order valence-corrected chi connectivity index (χ1v) is 5.89. The van der Waals surface area contributed by atoms with E-state index in [4.69, 9.17) is 10.5 Å². The summed E-state index contributed by atoms with van der Waals surface area (Å²) in [5.41, 5.74) is 6.42. The van der Waals surface area contributed by atoms with Gasteiger partial charge in [-0.25, -0.2) is 4.39 Å². The maximum absolute atomic E-state index is 13.7. The summed E-state index contributed by atoms with van der Waals surface area (Å²) in [6.07, 6.45) is 0. The van der Waals surface area contributed by atoms with Gasteiger partial charge in [0.2, 0.25) is 0 Å². The molecule has 0 saturated heterocycles. The number of anilines is 1. The normalized spacial score (nSPS) is 10.3. The van der Waals surface area contributed by atoms with Gasteiger partial charge in [-0.05, 0) is 30.2 Å². The van der Waals surface area contributed by atoms with Gasteiger partial charge in [0.25, 0.3) is 5.69 Å². The molecule has 0 bridgehead atoms. The molecule has 0 aromatic heterocycles. The summed E-state index contributed by atoms with van der Waals surface area (Å²) in [5, 5.41) is 10.8. The van der Waals surface area contributed by atoms with E-state index in [9.17, 15) is 14.5 Å². The van der Waals surface area contributed by atoms with Crippen molar-refractivity contribution in [3.05, 3.63) is 63.5 Å². The highest BCUT2D eigenvalue weighted by Crippen LogP contribution is 2.24. The van der Waals surface area contributed by atoms with Crippen LogP contribution in [0, 0.1) is 22.9 Å². The van der Waals surface area contributed by atoms with Gasteiger partial charge in [0.05, 0.1) is 4.92 Å². The predicted octanol–water partition coefficient (Wildman–Crippen LogP) is 3.20. The topological polar surface area (TPSA) is 78.4 Å². The Morgan fingerprint density at radius 3 is 2.80 bits per heavy atom. The Bertz CT molecular complexity index is 659. The summed E-state index contributed by atoms with van der Waals surface area (Å²) >= 11 is 0. The molecule has 0 aliphatic carbocycles. The zero-order valence-corrected chi connectivity index (χ0v) is 10.8. The number of halogens is 1. The molecule has 0 fully saturated rings. The SMILES string of the molecule is Cc1cccc(OCc2ccc(N)c([N+](=O)[O-])c2)c1F. The minimum Gasteiger partial charge on any atom is -0.486 e. The van der Waals surface area contributed by atoms with Crippen LogP contribution in [-0.2, 0) is 6.61 Å². The van der Waals surface area contributed by atoms with E-state index in [1.54, 1.807) is 25.1 Å². The van der Waals surface area contributed by atoms with Gasteiger partial charge < -0.3 is 10.5 Å². The first-order valence-electron chi connectivity index (χ1n) is 5.89. The summed E-state index contributed by atoms with van der Waals surface area (Å²) in [7, 11) is 0. The maximum atomic E-state index is 13.7. The van der Waals surface area contributed by atoms with Crippen molar-refractivity contribution in [2.75, 3.05) is 5.73 Å². The maximum Gasteiger partial charge on any atom is 0.292 e. The Morgan fingerprint density at radius 2 is 2.10 bits per heavy atom. The second-order valence-electron chi connectivity index (χ2n) is 4.33. The molecule has 0 spiro atoms. The van der Waals surface area contributed by atoms with E-state index in [0.29, 0.717) is 11.1 Å². The molecule has 0 amide bonds. The van der Waals surface area contributed by atoms with Crippen molar-refractivity contribution in [1.29, 1.82) is 0 Å². The van der Waals surface area contributed by atoms with E-state index >= 15 is 0 Å². The predicted molar refractivity (Wildman–Crippen MR) is 73.0 cm³/mol. The molecule has 0 saturated carbocycles. The third kappa shape index (κ3) is 2.85. The Hall–Kier alpha value is -2.63. The number of nitrogen functional groups attached to an aromatic ring is 1. The lowest BCUT2D eigenvalue weighted by atomic mass is 10.2. The van der Waals surface area contributed by atoms with Crippen molar-refractivity contribution in [2.24, 2.45) is 0 Å². The molecule has 2 aromatic rings. The van der Waals surface area contributed by atoms with E-state index in [2.05, 4.69) is 0 Å². The molecule has 0 aliphatic heterocycles. The van der Waals surface area contributed by atoms with Gasteiger partial charge in [-0.3, -0.25) is 10.1 Å². The smallest absolute Gasteiger partial charge is 0.292 e. The van der Waals surface area contributed by atoms with E-state index < -0.39 is 10.7 Å². The first-order chi connectivity index (χ1) is 9.49. The van der Waals surface area contributed by atoms with E-state index in [-0.39, 0.29) is 23.7 Å². The average Bonchev–Trinajstić information content (AvgIpc) is 2.41. The summed E-state index contributed by atoms with van der Waals surface area (Å²) in [5.74, 6) is -0.318. The quantitative estimate of drug-likeness (QED) is 0.528. The van der Waals surface area contributed by atoms with Gasteiger partial charge in [0, 0.05) is 6.07 Å². The number of nitro groups is 1. The minimum absolute atomic E-state index is 0.0293. The van der Waals surface area contributed by atoms with Crippen LogP contribution in [0.4, 0.5) is 15.8 Å². The highest BCUT2D eigenvalue weighted by molar-refractivity contribution is 5.59. The van der Waals surface area contributed by atoms with Crippen LogP contribution in [0.25, 0.3) is 0 Å². The van der Waals surface area contributed by atoms with Gasteiger partial charge in [-0.1, -0.05) is 18.2 Å². The monoisotopic (exact) mass is 276 g/mol. The van der Waals surface area contributed by atoms with Crippen molar-refractivity contribution in [3.63, 3.8) is 0 Å². The van der Waals surface area contributed by atoms with Gasteiger partial charge in [-0.15, -0.1) is 0 Å². The summed E-state index contributed by atoms with van der Waals surface area (Å²) < 4.78 is 19.1. The standard InChI is InChI=1S/C14H13FN2O3/c1-9-3-2-4-13(14(9)15)20-8-10-5-6-11(16)12(7-10)17(18)19/h2-7H,8,16H2,1H3. The van der Waals surface area contributed by atoms with E-state index in [0.717, 1.165) is 0 Å². The lowest BCUT2D eigenvalue weighted by Gasteiger charge is -2.09. The van der Waals surface area contributed by atoms with Crippen LogP contribution in [0.2, 0.25) is 0 Å². The number of hydrogen-bond donors (Lipinski definition) is 1. The number of rotatable bonds is 4. The molecule has 0 radical (unpaired) electrons. The molecule has 20 heavy (non-hydrogen) atoms. The van der Waals surface area contributed by atoms with Crippen LogP contribution >= 0.6 is 0 Å².